The average Bonchev–Trinajstić information content (AvgIpc) is 2.03. The second kappa shape index (κ2) is 3.29. The van der Waals surface area contributed by atoms with Crippen LogP contribution in [0.4, 0.5) is 0 Å². The zero-order valence-corrected chi connectivity index (χ0v) is 7.14. The zero-order valence-electron chi connectivity index (χ0n) is 6.14. The Bertz CT molecular complexity index is 277. The van der Waals surface area contributed by atoms with Gasteiger partial charge in [0.25, 0.3) is 0 Å². The molecule has 0 aliphatic carbocycles. The molecule has 3 N–H and O–H groups in total. The molecule has 0 spiro atoms. The van der Waals surface area contributed by atoms with Crippen molar-refractivity contribution in [1.82, 2.24) is 0 Å². The van der Waals surface area contributed by atoms with Gasteiger partial charge in [0.2, 0.25) is 0 Å². The summed E-state index contributed by atoms with van der Waals surface area (Å²) in [7, 11) is -4.64. The van der Waals surface area contributed by atoms with Gasteiger partial charge in [-0.2, -0.15) is 0 Å². The number of hydrogen-bond acceptors (Lipinski definition) is 4. The van der Waals surface area contributed by atoms with Crippen molar-refractivity contribution in [3.05, 3.63) is 35.9 Å². The van der Waals surface area contributed by atoms with Crippen molar-refractivity contribution in [2.24, 2.45) is 0 Å². The summed E-state index contributed by atoms with van der Waals surface area (Å²) < 4.78 is 0. The predicted octanol–water partition coefficient (Wildman–Crippen LogP) is 0.299. The normalized spacial score (nSPS) is 12.6. The van der Waals surface area contributed by atoms with E-state index >= 15 is 0 Å². The summed E-state index contributed by atoms with van der Waals surface area (Å²) in [6.45, 7) is 0. The van der Waals surface area contributed by atoms with Crippen LogP contribution < -0.4 is 0 Å². The predicted molar refractivity (Wildman–Crippen MR) is 45.7 cm³/mol. The Morgan fingerprint density at radius 2 is 1.58 bits per heavy atom. The third-order valence-corrected chi connectivity index (χ3v) is 2.24. The van der Waals surface area contributed by atoms with Crippen LogP contribution in [0.1, 0.15) is 10.4 Å². The molecule has 1 rings (SSSR count). The Morgan fingerprint density at radius 3 is 2.00 bits per heavy atom. The summed E-state index contributed by atoms with van der Waals surface area (Å²) >= 11 is 0. The molecule has 4 nitrogen and oxygen atoms in total. The Hall–Kier alpha value is -0.800. The van der Waals surface area contributed by atoms with E-state index < -0.39 is 13.5 Å². The summed E-state index contributed by atoms with van der Waals surface area (Å²) in [5.41, 5.74) is -0.889. The number of rotatable bonds is 2. The van der Waals surface area contributed by atoms with Crippen LogP contribution in [-0.2, 0) is 0 Å². The molecule has 0 saturated heterocycles. The third-order valence-electron chi connectivity index (χ3n) is 1.34. The van der Waals surface area contributed by atoms with Crippen LogP contribution in [0, 0.1) is 0 Å². The van der Waals surface area contributed by atoms with Crippen LogP contribution in [0.25, 0.3) is 0 Å². The third kappa shape index (κ3) is 2.09. The van der Waals surface area contributed by atoms with Gasteiger partial charge in [0, 0.05) is 0 Å². The van der Waals surface area contributed by atoms with Gasteiger partial charge in [0.15, 0.2) is 0 Å². The van der Waals surface area contributed by atoms with Crippen molar-refractivity contribution < 1.29 is 19.5 Å². The van der Waals surface area contributed by atoms with Crippen LogP contribution in [0.5, 0.6) is 0 Å². The first-order valence-corrected chi connectivity index (χ1v) is 5.13. The molecule has 0 aliphatic heterocycles. The van der Waals surface area contributed by atoms with Crippen molar-refractivity contribution in [3.63, 3.8) is 0 Å². The van der Waals surface area contributed by atoms with Crippen molar-refractivity contribution in [2.75, 3.05) is 0 Å². The molecule has 1 aromatic rings. The van der Waals surface area contributed by atoms with Gasteiger partial charge in [0.1, 0.15) is 0 Å². The molecule has 5 heteroatoms. The summed E-state index contributed by atoms with van der Waals surface area (Å²) in [5.74, 6) is 0. The summed E-state index contributed by atoms with van der Waals surface area (Å²) in [6.07, 6.45) is 0. The molecule has 0 unspecified atom stereocenters. The Labute approximate surface area is 69.7 Å². The first-order chi connectivity index (χ1) is 5.52. The van der Waals surface area contributed by atoms with Crippen LogP contribution in [0.3, 0.4) is 0 Å². The van der Waals surface area contributed by atoms with Crippen LogP contribution in [0.2, 0.25) is 0 Å². The van der Waals surface area contributed by atoms with E-state index in [2.05, 4.69) is 0 Å². The number of benzene rings is 1. The van der Waals surface area contributed by atoms with E-state index in [1.54, 1.807) is 18.2 Å². The van der Waals surface area contributed by atoms with E-state index in [0.29, 0.717) is 0 Å². The molecule has 0 fully saturated rings. The van der Waals surface area contributed by atoms with E-state index in [1.807, 2.05) is 0 Å². The van der Waals surface area contributed by atoms with Gasteiger partial charge in [-0.05, 0) is 0 Å². The molecule has 0 aliphatic rings. The van der Waals surface area contributed by atoms with Crippen molar-refractivity contribution >= 4 is 13.5 Å². The minimum absolute atomic E-state index is 0.108. The molecule has 12 heavy (non-hydrogen) atoms. The van der Waals surface area contributed by atoms with E-state index in [4.69, 9.17) is 14.7 Å². The molecule has 0 bridgehead atoms. The van der Waals surface area contributed by atoms with Crippen molar-refractivity contribution in [1.29, 1.82) is 0 Å². The molecule has 0 saturated carbocycles. The molecule has 0 aromatic heterocycles. The van der Waals surface area contributed by atoms with Gasteiger partial charge >= 0.3 is 68.8 Å². The maximum absolute atomic E-state index is 11.0. The fourth-order valence-electron chi connectivity index (χ4n) is 0.783. The fourth-order valence-corrected chi connectivity index (χ4v) is 1.34. The Morgan fingerprint density at radius 1 is 1.08 bits per heavy atom. The fraction of sp³-hybridized carbons (Fsp3) is 0. The Kier molecular flexibility index (Phi) is 2.55. The van der Waals surface area contributed by atoms with Crippen LogP contribution >= 0.6 is 7.94 Å². The number of hydrogen-bond donors (Lipinski definition) is 3. The summed E-state index contributed by atoms with van der Waals surface area (Å²) in [6, 6.07) is 7.66. The standard InChI is InChI=1S/C7H9O4P/c8-7(12(9,10)11)6-4-2-1-3-5-6/h1-5,9-12H. The average molecular weight is 188 g/mol. The molecular weight excluding hydrogens is 179 g/mol. The number of carbonyl (C=O) groups is 1. The second-order valence-corrected chi connectivity index (χ2v) is 4.06. The van der Waals surface area contributed by atoms with Crippen molar-refractivity contribution in [3.8, 4) is 0 Å². The summed E-state index contributed by atoms with van der Waals surface area (Å²) in [4.78, 5) is 36.9. The van der Waals surface area contributed by atoms with Gasteiger partial charge in [0.05, 0.1) is 0 Å². The van der Waals surface area contributed by atoms with Gasteiger partial charge in [-0.25, -0.2) is 0 Å². The maximum atomic E-state index is 11.0. The summed E-state index contributed by atoms with van der Waals surface area (Å²) in [5, 5.41) is 0. The topological polar surface area (TPSA) is 77.8 Å². The monoisotopic (exact) mass is 188 g/mol. The molecule has 0 heterocycles. The van der Waals surface area contributed by atoms with Crippen LogP contribution in [0.15, 0.2) is 30.3 Å². The van der Waals surface area contributed by atoms with Gasteiger partial charge < -0.3 is 0 Å². The van der Waals surface area contributed by atoms with Gasteiger partial charge in [-0.3, -0.25) is 0 Å². The molecule has 0 atom stereocenters. The van der Waals surface area contributed by atoms with Crippen molar-refractivity contribution in [2.45, 2.75) is 0 Å². The van der Waals surface area contributed by atoms with E-state index in [1.165, 1.54) is 12.1 Å². The second-order valence-electron chi connectivity index (χ2n) is 2.33. The first-order valence-electron chi connectivity index (χ1n) is 3.29. The quantitative estimate of drug-likeness (QED) is 0.583. The zero-order chi connectivity index (χ0) is 9.19. The molecule has 0 radical (unpaired) electrons. The number of carbonyl (C=O) groups excluding carboxylic acids is 1. The van der Waals surface area contributed by atoms with Crippen LogP contribution in [-0.4, -0.2) is 20.2 Å². The SMILES string of the molecule is O=C(c1ccccc1)[PH](O)(O)O. The molecule has 0 amide bonds. The molecule has 66 valence electrons. The van der Waals surface area contributed by atoms with E-state index in [9.17, 15) is 4.79 Å². The van der Waals surface area contributed by atoms with E-state index in [-0.39, 0.29) is 5.56 Å². The molecule has 1 aromatic carbocycles. The van der Waals surface area contributed by atoms with Gasteiger partial charge in [-0.1, -0.05) is 0 Å². The molecular formula is C7H9O4P. The van der Waals surface area contributed by atoms with E-state index in [0.717, 1.165) is 0 Å². The van der Waals surface area contributed by atoms with Gasteiger partial charge in [-0.15, -0.1) is 0 Å². The first kappa shape index (κ1) is 9.29. The Balaban J connectivity index is 2.94. The minimum atomic E-state index is -4.64.